The molecule has 0 saturated carbocycles. The minimum absolute atomic E-state index is 0.00500. The zero-order chi connectivity index (χ0) is 21.0. The number of thioether (sulfide) groups is 1. The number of hydrogen-bond acceptors (Lipinski definition) is 7. The van der Waals surface area contributed by atoms with Gasteiger partial charge >= 0.3 is 0 Å². The Bertz CT molecular complexity index is 1130. The van der Waals surface area contributed by atoms with Crippen molar-refractivity contribution >= 4 is 39.0 Å². The Balaban J connectivity index is 1.73. The summed E-state index contributed by atoms with van der Waals surface area (Å²) in [5.41, 5.74) is 0.706. The molecular formula is C18H21N5O4S2. The molecule has 0 radical (unpaired) electrons. The highest BCUT2D eigenvalue weighted by molar-refractivity contribution is 7.99. The smallest absolute Gasteiger partial charge is 0.243 e. The molecule has 0 fully saturated rings. The maximum Gasteiger partial charge on any atom is 0.243 e. The van der Waals surface area contributed by atoms with Gasteiger partial charge in [-0.3, -0.25) is 9.20 Å². The molecule has 1 aromatic carbocycles. The molecule has 3 rings (SSSR count). The van der Waals surface area contributed by atoms with E-state index in [1.165, 1.54) is 34.3 Å². The largest absolute Gasteiger partial charge is 0.506 e. The number of amides is 1. The normalized spacial score (nSPS) is 11.8. The van der Waals surface area contributed by atoms with Crippen molar-refractivity contribution in [3.63, 3.8) is 0 Å². The first-order valence-electron chi connectivity index (χ1n) is 8.92. The second-order valence-electron chi connectivity index (χ2n) is 6.02. The molecule has 11 heteroatoms. The third-order valence-electron chi connectivity index (χ3n) is 4.20. The van der Waals surface area contributed by atoms with Gasteiger partial charge in [0.1, 0.15) is 5.75 Å². The maximum absolute atomic E-state index is 12.7. The molecule has 0 atom stereocenters. The molecular weight excluding hydrogens is 414 g/mol. The summed E-state index contributed by atoms with van der Waals surface area (Å²) >= 11 is 1.18. The monoisotopic (exact) mass is 435 g/mol. The molecule has 2 aromatic heterocycles. The molecule has 1 amide bonds. The lowest BCUT2D eigenvalue weighted by Crippen LogP contribution is -2.30. The summed E-state index contributed by atoms with van der Waals surface area (Å²) < 4.78 is 28.4. The molecule has 3 aromatic rings. The summed E-state index contributed by atoms with van der Waals surface area (Å²) in [5.74, 6) is -0.604. The van der Waals surface area contributed by atoms with Gasteiger partial charge in [0.25, 0.3) is 0 Å². The topological polar surface area (TPSA) is 117 Å². The highest BCUT2D eigenvalue weighted by Gasteiger charge is 2.23. The van der Waals surface area contributed by atoms with Crippen molar-refractivity contribution in [2.45, 2.75) is 23.9 Å². The van der Waals surface area contributed by atoms with Crippen LogP contribution in [-0.2, 0) is 14.8 Å². The zero-order valence-electron chi connectivity index (χ0n) is 15.9. The fourth-order valence-corrected chi connectivity index (χ4v) is 4.93. The van der Waals surface area contributed by atoms with Gasteiger partial charge in [0.05, 0.1) is 16.3 Å². The van der Waals surface area contributed by atoms with Crippen LogP contribution in [0.3, 0.4) is 0 Å². The van der Waals surface area contributed by atoms with E-state index in [-0.39, 0.29) is 22.1 Å². The summed E-state index contributed by atoms with van der Waals surface area (Å²) in [6.45, 7) is 4.14. The Labute approximate surface area is 172 Å². The van der Waals surface area contributed by atoms with Crippen LogP contribution in [0.5, 0.6) is 5.75 Å². The second-order valence-corrected chi connectivity index (χ2v) is 8.90. The van der Waals surface area contributed by atoms with E-state index in [9.17, 15) is 18.3 Å². The fraction of sp³-hybridized carbons (Fsp3) is 0.278. The standard InChI is InChI=1S/C18H21N5O4S2/c1-3-22(4-2)29(26,27)13-8-9-15(24)14(11-13)19-17(25)12-28-18-21-20-16-7-5-6-10-23(16)18/h5-11,24H,3-4,12H2,1-2H3,(H,19,25). The molecule has 29 heavy (non-hydrogen) atoms. The predicted octanol–water partition coefficient (Wildman–Crippen LogP) is 2.20. The molecule has 0 aliphatic carbocycles. The first kappa shape index (κ1) is 21.1. The molecule has 0 spiro atoms. The van der Waals surface area contributed by atoms with Crippen LogP contribution in [0.25, 0.3) is 5.65 Å². The van der Waals surface area contributed by atoms with Crippen LogP contribution in [0.4, 0.5) is 5.69 Å². The molecule has 9 nitrogen and oxygen atoms in total. The first-order valence-corrected chi connectivity index (χ1v) is 11.3. The van der Waals surface area contributed by atoms with Crippen LogP contribution < -0.4 is 5.32 Å². The number of anilines is 1. The summed E-state index contributed by atoms with van der Waals surface area (Å²) in [5, 5.41) is 21.2. The number of aromatic nitrogens is 3. The molecule has 154 valence electrons. The minimum atomic E-state index is -3.70. The highest BCUT2D eigenvalue weighted by Crippen LogP contribution is 2.28. The van der Waals surface area contributed by atoms with Crippen LogP contribution in [0.15, 0.2) is 52.6 Å². The zero-order valence-corrected chi connectivity index (χ0v) is 17.6. The number of nitrogens with zero attached hydrogens (tertiary/aromatic N) is 4. The summed E-state index contributed by atoms with van der Waals surface area (Å²) in [7, 11) is -3.70. The van der Waals surface area contributed by atoms with E-state index < -0.39 is 15.9 Å². The van der Waals surface area contributed by atoms with E-state index >= 15 is 0 Å². The number of nitrogens with one attached hydrogen (secondary N) is 1. The number of rotatable bonds is 8. The number of benzene rings is 1. The number of carbonyl (C=O) groups excluding carboxylic acids is 1. The molecule has 0 aliphatic rings. The number of aromatic hydroxyl groups is 1. The van der Waals surface area contributed by atoms with Gasteiger partial charge in [-0.2, -0.15) is 4.31 Å². The van der Waals surface area contributed by atoms with Gasteiger partial charge in [0.15, 0.2) is 10.8 Å². The van der Waals surface area contributed by atoms with E-state index in [2.05, 4.69) is 15.5 Å². The number of carbonyl (C=O) groups is 1. The number of pyridine rings is 1. The summed E-state index contributed by atoms with van der Waals surface area (Å²) in [6, 6.07) is 9.31. The van der Waals surface area contributed by atoms with E-state index in [1.807, 2.05) is 12.1 Å². The summed E-state index contributed by atoms with van der Waals surface area (Å²) in [4.78, 5) is 12.3. The lowest BCUT2D eigenvalue weighted by molar-refractivity contribution is -0.113. The Hall–Kier alpha value is -2.63. The van der Waals surface area contributed by atoms with Crippen molar-refractivity contribution in [3.05, 3.63) is 42.6 Å². The SMILES string of the molecule is CCN(CC)S(=O)(=O)c1ccc(O)c(NC(=O)CSc2nnc3ccccn23)c1. The third-order valence-corrected chi connectivity index (χ3v) is 7.19. The number of fused-ring (bicyclic) bond motifs is 1. The predicted molar refractivity (Wildman–Crippen MR) is 111 cm³/mol. The minimum Gasteiger partial charge on any atom is -0.506 e. The van der Waals surface area contributed by atoms with Gasteiger partial charge in [-0.25, -0.2) is 8.42 Å². The van der Waals surface area contributed by atoms with Gasteiger partial charge < -0.3 is 10.4 Å². The second kappa shape index (κ2) is 8.80. The average molecular weight is 436 g/mol. The number of phenolic OH excluding ortho intramolecular Hbond substituents is 1. The molecule has 0 unspecified atom stereocenters. The van der Waals surface area contributed by atoms with Crippen molar-refractivity contribution in [1.29, 1.82) is 0 Å². The van der Waals surface area contributed by atoms with E-state index in [0.29, 0.717) is 23.9 Å². The first-order chi connectivity index (χ1) is 13.9. The van der Waals surface area contributed by atoms with Crippen molar-refractivity contribution in [2.75, 3.05) is 24.2 Å². The Morgan fingerprint density at radius 3 is 2.69 bits per heavy atom. The van der Waals surface area contributed by atoms with Gasteiger partial charge in [-0.15, -0.1) is 10.2 Å². The van der Waals surface area contributed by atoms with Crippen LogP contribution in [0, 0.1) is 0 Å². The quantitative estimate of drug-likeness (QED) is 0.411. The number of sulfonamides is 1. The average Bonchev–Trinajstić information content (AvgIpc) is 3.12. The van der Waals surface area contributed by atoms with Crippen molar-refractivity contribution in [2.24, 2.45) is 0 Å². The highest BCUT2D eigenvalue weighted by atomic mass is 32.2. The fourth-order valence-electron chi connectivity index (χ4n) is 2.72. The summed E-state index contributed by atoms with van der Waals surface area (Å²) in [6.07, 6.45) is 1.79. The van der Waals surface area contributed by atoms with Gasteiger partial charge in [-0.1, -0.05) is 31.7 Å². The van der Waals surface area contributed by atoms with E-state index in [0.717, 1.165) is 0 Å². The van der Waals surface area contributed by atoms with Crippen LogP contribution in [-0.4, -0.2) is 57.2 Å². The van der Waals surface area contributed by atoms with Gasteiger partial charge in [0, 0.05) is 19.3 Å². The van der Waals surface area contributed by atoms with Gasteiger partial charge in [0.2, 0.25) is 15.9 Å². The number of hydrogen-bond donors (Lipinski definition) is 2. The van der Waals surface area contributed by atoms with Crippen LogP contribution >= 0.6 is 11.8 Å². The Kier molecular flexibility index (Phi) is 6.40. The molecule has 2 N–H and O–H groups in total. The van der Waals surface area contributed by atoms with E-state index in [1.54, 1.807) is 30.5 Å². The Morgan fingerprint density at radius 2 is 1.97 bits per heavy atom. The van der Waals surface area contributed by atoms with E-state index in [4.69, 9.17) is 0 Å². The van der Waals surface area contributed by atoms with Crippen LogP contribution in [0.2, 0.25) is 0 Å². The third kappa shape index (κ3) is 4.52. The lowest BCUT2D eigenvalue weighted by atomic mass is 10.3. The maximum atomic E-state index is 12.7. The number of phenols is 1. The van der Waals surface area contributed by atoms with Crippen molar-refractivity contribution in [3.8, 4) is 5.75 Å². The molecule has 0 saturated heterocycles. The van der Waals surface area contributed by atoms with Gasteiger partial charge in [-0.05, 0) is 30.3 Å². The molecule has 2 heterocycles. The Morgan fingerprint density at radius 1 is 1.21 bits per heavy atom. The lowest BCUT2D eigenvalue weighted by Gasteiger charge is -2.19. The molecule has 0 bridgehead atoms. The van der Waals surface area contributed by atoms with Crippen LogP contribution in [0.1, 0.15) is 13.8 Å². The van der Waals surface area contributed by atoms with Crippen molar-refractivity contribution in [1.82, 2.24) is 18.9 Å². The van der Waals surface area contributed by atoms with Crippen molar-refractivity contribution < 1.29 is 18.3 Å². The molecule has 0 aliphatic heterocycles.